The highest BCUT2D eigenvalue weighted by Gasteiger charge is 2.49. The molecule has 6 atom stereocenters. The van der Waals surface area contributed by atoms with Crippen LogP contribution in [0.15, 0.2) is 36.4 Å². The molecule has 3 N–H and O–H groups in total. The van der Waals surface area contributed by atoms with Gasteiger partial charge in [0.25, 0.3) is 0 Å². The Hall–Kier alpha value is -4.82. The summed E-state index contributed by atoms with van der Waals surface area (Å²) in [7, 11) is 1.52. The normalized spacial score (nSPS) is 25.7. The van der Waals surface area contributed by atoms with Crippen LogP contribution in [0, 0.1) is 5.82 Å². The Morgan fingerprint density at radius 1 is 0.982 bits per heavy atom. The van der Waals surface area contributed by atoms with Crippen LogP contribution in [0.2, 0.25) is 0 Å². The molecule has 6 amide bonds. The van der Waals surface area contributed by atoms with Crippen LogP contribution in [0.4, 0.5) is 4.39 Å². The highest BCUT2D eigenvalue weighted by atomic mass is 19.1. The number of halogens is 1. The van der Waals surface area contributed by atoms with Gasteiger partial charge in [0.1, 0.15) is 47.7 Å². The molecule has 0 spiro atoms. The average molecular weight is 769 g/mol. The quantitative estimate of drug-likeness (QED) is 0.175. The van der Waals surface area contributed by atoms with E-state index in [-0.39, 0.29) is 45.2 Å². The summed E-state index contributed by atoms with van der Waals surface area (Å²) >= 11 is 0. The van der Waals surface area contributed by atoms with Crippen molar-refractivity contribution in [3.63, 3.8) is 0 Å². The number of nitrogens with one attached hydrogen (secondary N) is 3. The summed E-state index contributed by atoms with van der Waals surface area (Å²) in [6.07, 6.45) is 6.00. The summed E-state index contributed by atoms with van der Waals surface area (Å²) in [6, 6.07) is -0.241. The van der Waals surface area contributed by atoms with Crippen LogP contribution in [0.1, 0.15) is 98.0 Å². The molecule has 1 aromatic carbocycles. The van der Waals surface area contributed by atoms with Crippen molar-refractivity contribution in [2.75, 3.05) is 20.1 Å². The maximum atomic E-state index is 14.6. The zero-order chi connectivity index (χ0) is 40.4. The molecule has 0 bridgehead atoms. The molecule has 55 heavy (non-hydrogen) atoms. The van der Waals surface area contributed by atoms with E-state index in [1.54, 1.807) is 26.0 Å². The van der Waals surface area contributed by atoms with Crippen molar-refractivity contribution < 1.29 is 42.7 Å². The molecule has 302 valence electrons. The standard InChI is InChI=1S/C40H57FN6O8/c1-7-10-11-12-20-32(48)43-29(24-27-16-13-17-28(41)23-27)34(49)44-33-26(5)55-38(53)31-19-15-22-47(31)35(50)25(4)42-39(54)40(8-2,9-3)45(6)36(51)30-18-14-21-46(30)37(33)52/h12-13,16-17,20,23,25-26,29-31,33H,7-11,14-15,18-19,21-22,24H2,1-6H3,(H,42,54)(H,43,48)(H,44,49)/t25-,26-,29-,30-,31-,33-/m0/s1. The fourth-order valence-corrected chi connectivity index (χ4v) is 7.82. The fourth-order valence-electron chi connectivity index (χ4n) is 7.82. The lowest BCUT2D eigenvalue weighted by molar-refractivity contribution is -0.163. The number of benzene rings is 1. The lowest BCUT2D eigenvalue weighted by Crippen LogP contribution is -2.65. The van der Waals surface area contributed by atoms with Crippen LogP contribution in [0.3, 0.4) is 0 Å². The number of carbonyl (C=O) groups is 7. The molecular weight excluding hydrogens is 711 g/mol. The van der Waals surface area contributed by atoms with Crippen LogP contribution in [0.5, 0.6) is 0 Å². The summed E-state index contributed by atoms with van der Waals surface area (Å²) in [6.45, 7) is 8.94. The van der Waals surface area contributed by atoms with E-state index in [9.17, 15) is 38.0 Å². The van der Waals surface area contributed by atoms with Gasteiger partial charge in [-0.05, 0) is 82.6 Å². The lowest BCUT2D eigenvalue weighted by atomic mass is 9.88. The number of carbonyl (C=O) groups excluding carboxylic acids is 7. The van der Waals surface area contributed by atoms with E-state index in [1.807, 2.05) is 6.92 Å². The summed E-state index contributed by atoms with van der Waals surface area (Å²) in [5.74, 6) is -4.90. The average Bonchev–Trinajstić information content (AvgIpc) is 3.86. The third-order valence-electron chi connectivity index (χ3n) is 11.2. The van der Waals surface area contributed by atoms with Crippen molar-refractivity contribution in [3.8, 4) is 0 Å². The minimum atomic E-state index is -1.52. The highest BCUT2D eigenvalue weighted by molar-refractivity contribution is 5.99. The summed E-state index contributed by atoms with van der Waals surface area (Å²) in [5.41, 5.74) is -0.940. The lowest BCUT2D eigenvalue weighted by Gasteiger charge is -2.42. The van der Waals surface area contributed by atoms with Gasteiger partial charge in [0, 0.05) is 26.6 Å². The van der Waals surface area contributed by atoms with Crippen molar-refractivity contribution in [3.05, 3.63) is 47.8 Å². The molecule has 1 aromatic rings. The third-order valence-corrected chi connectivity index (χ3v) is 11.2. The van der Waals surface area contributed by atoms with Crippen LogP contribution in [0.25, 0.3) is 0 Å². The summed E-state index contributed by atoms with van der Waals surface area (Å²) < 4.78 is 20.1. The Kier molecular flexibility index (Phi) is 15.0. The smallest absolute Gasteiger partial charge is 0.329 e. The number of ether oxygens (including phenoxy) is 1. The largest absolute Gasteiger partial charge is 0.458 e. The highest BCUT2D eigenvalue weighted by Crippen LogP contribution is 2.30. The molecule has 3 aliphatic rings. The summed E-state index contributed by atoms with van der Waals surface area (Å²) in [5, 5.41) is 8.17. The maximum Gasteiger partial charge on any atom is 0.329 e. The summed E-state index contributed by atoms with van der Waals surface area (Å²) in [4.78, 5) is 102. The Morgan fingerprint density at radius 3 is 2.27 bits per heavy atom. The monoisotopic (exact) mass is 768 g/mol. The number of fused-ring (bicyclic) bond motifs is 2. The molecule has 0 aliphatic carbocycles. The number of nitrogens with zero attached hydrogens (tertiary/aromatic N) is 3. The van der Waals surface area contributed by atoms with Gasteiger partial charge in [0.15, 0.2) is 0 Å². The number of hydrogen-bond acceptors (Lipinski definition) is 8. The second-order valence-electron chi connectivity index (χ2n) is 14.8. The van der Waals surface area contributed by atoms with Crippen LogP contribution < -0.4 is 16.0 Å². The predicted molar refractivity (Wildman–Crippen MR) is 201 cm³/mol. The zero-order valence-electron chi connectivity index (χ0n) is 32.9. The molecular formula is C40H57FN6O8. The molecule has 0 aromatic heterocycles. The van der Waals surface area contributed by atoms with E-state index in [2.05, 4.69) is 16.0 Å². The van der Waals surface area contributed by atoms with Crippen LogP contribution >= 0.6 is 0 Å². The molecule has 3 aliphatic heterocycles. The predicted octanol–water partition coefficient (Wildman–Crippen LogP) is 2.53. The minimum Gasteiger partial charge on any atom is -0.458 e. The Bertz CT molecular complexity index is 1630. The van der Waals surface area contributed by atoms with Gasteiger partial charge < -0.3 is 35.4 Å². The first kappa shape index (κ1) is 42.9. The van der Waals surface area contributed by atoms with Crippen molar-refractivity contribution >= 4 is 41.4 Å². The first-order valence-electron chi connectivity index (χ1n) is 19.6. The minimum absolute atomic E-state index is 0.127. The molecule has 15 heteroatoms. The van der Waals surface area contributed by atoms with Crippen molar-refractivity contribution in [2.45, 2.75) is 141 Å². The second kappa shape index (κ2) is 19.2. The van der Waals surface area contributed by atoms with E-state index < -0.39 is 89.1 Å². The van der Waals surface area contributed by atoms with E-state index in [0.29, 0.717) is 24.8 Å². The van der Waals surface area contributed by atoms with Crippen molar-refractivity contribution in [2.24, 2.45) is 0 Å². The Labute approximate surface area is 322 Å². The molecule has 0 radical (unpaired) electrons. The van der Waals surface area contributed by atoms with Crippen molar-refractivity contribution in [1.82, 2.24) is 30.7 Å². The van der Waals surface area contributed by atoms with Gasteiger partial charge in [-0.25, -0.2) is 9.18 Å². The van der Waals surface area contributed by atoms with Crippen molar-refractivity contribution in [1.29, 1.82) is 0 Å². The van der Waals surface area contributed by atoms with Gasteiger partial charge in [-0.15, -0.1) is 0 Å². The fraction of sp³-hybridized carbons (Fsp3) is 0.625. The van der Waals surface area contributed by atoms with Gasteiger partial charge in [0.2, 0.25) is 35.4 Å². The molecule has 3 fully saturated rings. The number of amides is 6. The molecule has 14 nitrogen and oxygen atoms in total. The van der Waals surface area contributed by atoms with Gasteiger partial charge in [0.05, 0.1) is 0 Å². The number of unbranched alkanes of at least 4 members (excludes halogenated alkanes) is 2. The van der Waals surface area contributed by atoms with Crippen LogP contribution in [-0.2, 0) is 44.7 Å². The Morgan fingerprint density at radius 2 is 1.64 bits per heavy atom. The number of hydrogen-bond donors (Lipinski definition) is 3. The molecule has 3 saturated heterocycles. The number of likely N-dealkylation sites (N-methyl/N-ethyl adjacent to an activating group) is 1. The zero-order valence-corrected chi connectivity index (χ0v) is 32.9. The molecule has 4 rings (SSSR count). The van der Waals surface area contributed by atoms with Gasteiger partial charge in [-0.2, -0.15) is 0 Å². The van der Waals surface area contributed by atoms with E-state index in [0.717, 1.165) is 12.8 Å². The first-order valence-corrected chi connectivity index (χ1v) is 19.6. The number of esters is 1. The topological polar surface area (TPSA) is 175 Å². The molecule has 3 heterocycles. The Balaban J connectivity index is 1.74. The molecule has 0 saturated carbocycles. The maximum absolute atomic E-state index is 14.6. The number of allylic oxidation sites excluding steroid dienone is 1. The third kappa shape index (κ3) is 9.90. The SMILES string of the molecule is CCCCC=CC(=O)N[C@@H](Cc1cccc(F)c1)C(=O)N[C@@H]1C(=O)N2CCC[C@H]2C(=O)N(C)C(CC)(CC)C(=O)N[C@@H](C)C(=O)N2CCC[C@H]2C(=O)O[C@H]1C. The molecule has 0 unspecified atom stereocenters. The van der Waals surface area contributed by atoms with E-state index in [4.69, 9.17) is 4.74 Å². The first-order chi connectivity index (χ1) is 26.2. The van der Waals surface area contributed by atoms with Gasteiger partial charge in [-0.3, -0.25) is 28.8 Å². The van der Waals surface area contributed by atoms with E-state index >= 15 is 0 Å². The number of rotatable bonds is 11. The number of cyclic esters (lactones) is 1. The van der Waals surface area contributed by atoms with Gasteiger partial charge in [-0.1, -0.05) is 51.8 Å². The van der Waals surface area contributed by atoms with E-state index in [1.165, 1.54) is 59.9 Å². The van der Waals surface area contributed by atoms with Gasteiger partial charge >= 0.3 is 5.97 Å². The second-order valence-corrected chi connectivity index (χ2v) is 14.8. The van der Waals surface area contributed by atoms with Crippen LogP contribution in [-0.4, -0.2) is 118 Å².